The maximum Gasteiger partial charge on any atom is 0.226 e. The molecule has 0 saturated carbocycles. The third-order valence-corrected chi connectivity index (χ3v) is 2.74. The topological polar surface area (TPSA) is 74.2 Å². The quantitative estimate of drug-likeness (QED) is 0.865. The minimum Gasteiger partial charge on any atom is -0.485 e. The lowest BCUT2D eigenvalue weighted by molar-refractivity contribution is 0.281. The summed E-state index contributed by atoms with van der Waals surface area (Å²) in [6, 6.07) is 7.64. The summed E-state index contributed by atoms with van der Waals surface area (Å²) in [4.78, 5) is 4.26. The van der Waals surface area contributed by atoms with Crippen molar-refractivity contribution < 1.29 is 9.26 Å². The van der Waals surface area contributed by atoms with Crippen molar-refractivity contribution >= 4 is 0 Å². The normalized spacial score (nSPS) is 12.4. The van der Waals surface area contributed by atoms with Crippen LogP contribution >= 0.6 is 0 Å². The molecule has 5 heteroatoms. The van der Waals surface area contributed by atoms with E-state index in [0.29, 0.717) is 11.7 Å². The zero-order valence-electron chi connectivity index (χ0n) is 11.3. The molecule has 0 aliphatic rings. The molecular weight excluding hydrogens is 242 g/mol. The summed E-state index contributed by atoms with van der Waals surface area (Å²) in [6.45, 7) is 4.28. The Bertz CT molecular complexity index is 523. The molecule has 0 bridgehead atoms. The molecule has 0 aliphatic heterocycles. The highest BCUT2D eigenvalue weighted by atomic mass is 16.5. The van der Waals surface area contributed by atoms with Crippen LogP contribution in [-0.4, -0.2) is 10.1 Å². The van der Waals surface area contributed by atoms with Crippen LogP contribution in [0, 0.1) is 0 Å². The Morgan fingerprint density at radius 1 is 1.37 bits per heavy atom. The fraction of sp³-hybridized carbons (Fsp3) is 0.429. The maximum atomic E-state index is 5.90. The predicted molar refractivity (Wildman–Crippen MR) is 71.7 cm³/mol. The molecule has 1 aromatic carbocycles. The van der Waals surface area contributed by atoms with E-state index in [1.165, 1.54) is 0 Å². The largest absolute Gasteiger partial charge is 0.485 e. The zero-order valence-corrected chi connectivity index (χ0v) is 11.3. The van der Waals surface area contributed by atoms with Crippen molar-refractivity contribution in [3.8, 4) is 5.75 Å². The summed E-state index contributed by atoms with van der Waals surface area (Å²) < 4.78 is 10.8. The van der Waals surface area contributed by atoms with E-state index in [4.69, 9.17) is 15.0 Å². The summed E-state index contributed by atoms with van der Waals surface area (Å²) in [5, 5.41) is 3.88. The predicted octanol–water partition coefficient (Wildman–Crippen LogP) is 2.62. The van der Waals surface area contributed by atoms with Crippen molar-refractivity contribution in [1.29, 1.82) is 0 Å². The Morgan fingerprint density at radius 3 is 2.89 bits per heavy atom. The van der Waals surface area contributed by atoms with Crippen LogP contribution in [-0.2, 0) is 13.0 Å². The number of nitrogens with two attached hydrogens (primary N) is 1. The van der Waals surface area contributed by atoms with Gasteiger partial charge in [-0.15, -0.1) is 0 Å². The van der Waals surface area contributed by atoms with Crippen molar-refractivity contribution in [3.63, 3.8) is 0 Å². The van der Waals surface area contributed by atoms with E-state index >= 15 is 0 Å². The summed E-state index contributed by atoms with van der Waals surface area (Å²) in [6.07, 6.45) is 1.78. The minimum absolute atomic E-state index is 0.0721. The van der Waals surface area contributed by atoms with Crippen molar-refractivity contribution in [2.24, 2.45) is 5.73 Å². The fourth-order valence-corrected chi connectivity index (χ4v) is 1.79. The lowest BCUT2D eigenvalue weighted by Crippen LogP contribution is -2.08. The van der Waals surface area contributed by atoms with Gasteiger partial charge in [0.1, 0.15) is 5.75 Å². The molecule has 0 spiro atoms. The van der Waals surface area contributed by atoms with Gasteiger partial charge in [-0.2, -0.15) is 4.98 Å². The van der Waals surface area contributed by atoms with Crippen LogP contribution in [0.2, 0.25) is 0 Å². The summed E-state index contributed by atoms with van der Waals surface area (Å²) in [5.41, 5.74) is 6.87. The third kappa shape index (κ3) is 3.54. The standard InChI is InChI=1S/C14H19N3O2/c1-3-6-14-16-13(17-19-14)9-18-12-8-5-4-7-11(12)10(2)15/h4-5,7-8,10H,3,6,9,15H2,1-2H3/t10-/m1/s1. The molecule has 102 valence electrons. The SMILES string of the molecule is CCCc1nc(COc2ccccc2[C@@H](C)N)no1. The van der Waals surface area contributed by atoms with Crippen LogP contribution in [0.15, 0.2) is 28.8 Å². The lowest BCUT2D eigenvalue weighted by atomic mass is 10.1. The second kappa shape index (κ2) is 6.33. The average Bonchev–Trinajstić information content (AvgIpc) is 2.85. The van der Waals surface area contributed by atoms with Gasteiger partial charge in [0, 0.05) is 18.0 Å². The molecule has 0 saturated heterocycles. The number of nitrogens with zero attached hydrogens (tertiary/aromatic N) is 2. The molecule has 0 aliphatic carbocycles. The molecule has 1 heterocycles. The highest BCUT2D eigenvalue weighted by molar-refractivity contribution is 5.35. The van der Waals surface area contributed by atoms with Crippen LogP contribution in [0.1, 0.15) is 43.6 Å². The van der Waals surface area contributed by atoms with Crippen molar-refractivity contribution in [3.05, 3.63) is 41.5 Å². The van der Waals surface area contributed by atoms with Gasteiger partial charge in [0.05, 0.1) is 0 Å². The number of aryl methyl sites for hydroxylation is 1. The second-order valence-electron chi connectivity index (χ2n) is 4.47. The van der Waals surface area contributed by atoms with Gasteiger partial charge in [0.15, 0.2) is 6.61 Å². The van der Waals surface area contributed by atoms with E-state index in [1.54, 1.807) is 0 Å². The molecule has 0 unspecified atom stereocenters. The number of ether oxygens (including phenoxy) is 1. The van der Waals surface area contributed by atoms with Gasteiger partial charge < -0.3 is 15.0 Å². The number of benzene rings is 1. The van der Waals surface area contributed by atoms with Crippen LogP contribution in [0.3, 0.4) is 0 Å². The molecule has 5 nitrogen and oxygen atoms in total. The van der Waals surface area contributed by atoms with Crippen molar-refractivity contribution in [1.82, 2.24) is 10.1 Å². The first-order valence-electron chi connectivity index (χ1n) is 6.49. The molecule has 19 heavy (non-hydrogen) atoms. The first kappa shape index (κ1) is 13.5. The van der Waals surface area contributed by atoms with E-state index in [9.17, 15) is 0 Å². The summed E-state index contributed by atoms with van der Waals surface area (Å²) >= 11 is 0. The van der Waals surface area contributed by atoms with Gasteiger partial charge in [-0.25, -0.2) is 0 Å². The van der Waals surface area contributed by atoms with Crippen molar-refractivity contribution in [2.75, 3.05) is 0 Å². The van der Waals surface area contributed by atoms with Gasteiger partial charge in [-0.1, -0.05) is 30.3 Å². The molecular formula is C14H19N3O2. The first-order chi connectivity index (χ1) is 9.20. The number of hydrogen-bond acceptors (Lipinski definition) is 5. The number of hydrogen-bond donors (Lipinski definition) is 1. The van der Waals surface area contributed by atoms with Crippen molar-refractivity contribution in [2.45, 2.75) is 39.3 Å². The summed E-state index contributed by atoms with van der Waals surface area (Å²) in [5.74, 6) is 1.98. The average molecular weight is 261 g/mol. The van der Waals surface area contributed by atoms with Crippen LogP contribution in [0.5, 0.6) is 5.75 Å². The van der Waals surface area contributed by atoms with E-state index in [0.717, 1.165) is 24.2 Å². The zero-order chi connectivity index (χ0) is 13.7. The second-order valence-corrected chi connectivity index (χ2v) is 4.47. The van der Waals surface area contributed by atoms with E-state index < -0.39 is 0 Å². The Balaban J connectivity index is 2.01. The van der Waals surface area contributed by atoms with Gasteiger partial charge in [0.2, 0.25) is 11.7 Å². The lowest BCUT2D eigenvalue weighted by Gasteiger charge is -2.12. The van der Waals surface area contributed by atoms with Gasteiger partial charge >= 0.3 is 0 Å². The molecule has 2 aromatic rings. The van der Waals surface area contributed by atoms with Gasteiger partial charge in [-0.3, -0.25) is 0 Å². The first-order valence-corrected chi connectivity index (χ1v) is 6.49. The molecule has 2 rings (SSSR count). The Kier molecular flexibility index (Phi) is 4.52. The Morgan fingerprint density at radius 2 is 2.16 bits per heavy atom. The number of rotatable bonds is 6. The Hall–Kier alpha value is -1.88. The molecule has 0 fully saturated rings. The maximum absolute atomic E-state index is 5.90. The van der Waals surface area contributed by atoms with Gasteiger partial charge in [-0.05, 0) is 19.4 Å². The van der Waals surface area contributed by atoms with Crippen LogP contribution in [0.25, 0.3) is 0 Å². The number of aromatic nitrogens is 2. The highest BCUT2D eigenvalue weighted by Gasteiger charge is 2.10. The number of para-hydroxylation sites is 1. The van der Waals surface area contributed by atoms with E-state index in [-0.39, 0.29) is 12.6 Å². The fourth-order valence-electron chi connectivity index (χ4n) is 1.79. The monoisotopic (exact) mass is 261 g/mol. The highest BCUT2D eigenvalue weighted by Crippen LogP contribution is 2.23. The molecule has 1 aromatic heterocycles. The third-order valence-electron chi connectivity index (χ3n) is 2.74. The van der Waals surface area contributed by atoms with E-state index in [1.807, 2.05) is 31.2 Å². The van der Waals surface area contributed by atoms with Gasteiger partial charge in [0.25, 0.3) is 0 Å². The molecule has 2 N–H and O–H groups in total. The molecule has 0 radical (unpaired) electrons. The Labute approximate surface area is 112 Å². The van der Waals surface area contributed by atoms with E-state index in [2.05, 4.69) is 17.1 Å². The summed E-state index contributed by atoms with van der Waals surface area (Å²) in [7, 11) is 0. The van der Waals surface area contributed by atoms with Crippen LogP contribution < -0.4 is 10.5 Å². The smallest absolute Gasteiger partial charge is 0.226 e. The molecule has 0 amide bonds. The molecule has 1 atom stereocenters. The minimum atomic E-state index is -0.0721. The van der Waals surface area contributed by atoms with Crippen LogP contribution in [0.4, 0.5) is 0 Å².